The Morgan fingerprint density at radius 3 is 3.04 bits per heavy atom. The number of hydrogen-bond donors (Lipinski definition) is 1. The number of carbonyl (C=O) groups excluding carboxylic acids is 1. The molecule has 5 nitrogen and oxygen atoms in total. The minimum absolute atomic E-state index is 0.00167. The molecule has 4 rings (SSSR count). The van der Waals surface area contributed by atoms with Crippen LogP contribution in [-0.2, 0) is 14.3 Å². The summed E-state index contributed by atoms with van der Waals surface area (Å²) in [6.45, 7) is 5.03. The first kappa shape index (κ1) is 15.5. The normalized spacial score (nSPS) is 31.1. The minimum atomic E-state index is -0.485. The number of ether oxygens (including phenoxy) is 3. The average molecular weight is 329 g/mol. The van der Waals surface area contributed by atoms with Crippen LogP contribution >= 0.6 is 0 Å². The molecule has 3 aliphatic rings. The molecule has 1 saturated heterocycles. The Morgan fingerprint density at radius 1 is 1.42 bits per heavy atom. The zero-order valence-electron chi connectivity index (χ0n) is 14.1. The van der Waals surface area contributed by atoms with E-state index in [1.165, 1.54) is 0 Å². The van der Waals surface area contributed by atoms with Gasteiger partial charge in [0, 0.05) is 30.2 Å². The minimum Gasteiger partial charge on any atom is -0.468 e. The molecule has 5 heteroatoms. The molecule has 24 heavy (non-hydrogen) atoms. The molecule has 1 fully saturated rings. The molecule has 1 aromatic rings. The first-order valence-corrected chi connectivity index (χ1v) is 8.61. The lowest BCUT2D eigenvalue weighted by atomic mass is 9.78. The van der Waals surface area contributed by atoms with E-state index in [1.54, 1.807) is 0 Å². The molecule has 0 aromatic heterocycles. The molecule has 128 valence electrons. The predicted molar refractivity (Wildman–Crippen MR) is 88.6 cm³/mol. The highest BCUT2D eigenvalue weighted by atomic mass is 16.6. The van der Waals surface area contributed by atoms with Crippen LogP contribution in [-0.4, -0.2) is 31.0 Å². The fourth-order valence-corrected chi connectivity index (χ4v) is 4.02. The van der Waals surface area contributed by atoms with Gasteiger partial charge in [0.1, 0.15) is 12.4 Å². The van der Waals surface area contributed by atoms with Crippen LogP contribution in [0.3, 0.4) is 0 Å². The van der Waals surface area contributed by atoms with Crippen molar-refractivity contribution in [2.75, 3.05) is 13.2 Å². The molecule has 0 radical (unpaired) electrons. The summed E-state index contributed by atoms with van der Waals surface area (Å²) in [5.74, 6) is 0.582. The van der Waals surface area contributed by atoms with Crippen molar-refractivity contribution < 1.29 is 19.0 Å². The van der Waals surface area contributed by atoms with Gasteiger partial charge in [-0.15, -0.1) is 0 Å². The Balaban J connectivity index is 1.60. The number of carbonyl (C=O) groups is 1. The van der Waals surface area contributed by atoms with Crippen molar-refractivity contribution in [3.63, 3.8) is 0 Å². The molecular weight excluding hydrogens is 306 g/mol. The summed E-state index contributed by atoms with van der Waals surface area (Å²) < 4.78 is 17.2. The van der Waals surface area contributed by atoms with Crippen molar-refractivity contribution in [2.45, 2.75) is 50.9 Å². The van der Waals surface area contributed by atoms with Gasteiger partial charge < -0.3 is 19.5 Å². The number of hydrogen-bond acceptors (Lipinski definition) is 5. The second kappa shape index (κ2) is 5.81. The highest BCUT2D eigenvalue weighted by Gasteiger charge is 2.45. The van der Waals surface area contributed by atoms with Crippen molar-refractivity contribution in [3.8, 4) is 5.75 Å². The quantitative estimate of drug-likeness (QED) is 0.864. The molecule has 0 saturated carbocycles. The first-order chi connectivity index (χ1) is 11.6. The molecule has 0 aliphatic carbocycles. The van der Waals surface area contributed by atoms with E-state index in [4.69, 9.17) is 14.2 Å². The second-order valence-electron chi connectivity index (χ2n) is 7.02. The van der Waals surface area contributed by atoms with Crippen LogP contribution in [0.4, 0.5) is 0 Å². The Kier molecular flexibility index (Phi) is 3.76. The number of rotatable bonds is 3. The maximum Gasteiger partial charge on any atom is 0.336 e. The van der Waals surface area contributed by atoms with E-state index in [9.17, 15) is 4.79 Å². The topological polar surface area (TPSA) is 56.8 Å². The maximum atomic E-state index is 12.8. The standard InChI is InChI=1S/C19H23NO4/c1-12-17(18(21)23-11-13-6-5-9-22-13)15-10-19(2,20-12)24-16-8-4-3-7-14(15)16/h3-4,7-8,13,15,20H,5-6,9-11H2,1-2H3/t13-,15+,19+/m1/s1. The summed E-state index contributed by atoms with van der Waals surface area (Å²) in [4.78, 5) is 12.8. The third-order valence-electron chi connectivity index (χ3n) is 5.07. The Bertz CT molecular complexity index is 692. The fourth-order valence-electron chi connectivity index (χ4n) is 4.02. The fraction of sp³-hybridized carbons (Fsp3) is 0.526. The van der Waals surface area contributed by atoms with Crippen LogP contribution in [0, 0.1) is 0 Å². The van der Waals surface area contributed by atoms with Gasteiger partial charge in [0.15, 0.2) is 5.72 Å². The van der Waals surface area contributed by atoms with Crippen molar-refractivity contribution in [2.24, 2.45) is 0 Å². The van der Waals surface area contributed by atoms with Crippen LogP contribution < -0.4 is 10.1 Å². The molecule has 3 atom stereocenters. The second-order valence-corrected chi connectivity index (χ2v) is 7.02. The number of allylic oxidation sites excluding steroid dienone is 1. The molecule has 0 spiro atoms. The maximum absolute atomic E-state index is 12.8. The lowest BCUT2D eigenvalue weighted by Gasteiger charge is -2.45. The van der Waals surface area contributed by atoms with E-state index in [0.29, 0.717) is 18.6 Å². The molecule has 2 bridgehead atoms. The number of fused-ring (bicyclic) bond motifs is 4. The van der Waals surface area contributed by atoms with Gasteiger partial charge in [-0.05, 0) is 32.8 Å². The Labute approximate surface area is 142 Å². The van der Waals surface area contributed by atoms with Crippen LogP contribution in [0.2, 0.25) is 0 Å². The average Bonchev–Trinajstić information content (AvgIpc) is 3.05. The van der Waals surface area contributed by atoms with E-state index in [-0.39, 0.29) is 18.0 Å². The molecular formula is C19H23NO4. The Morgan fingerprint density at radius 2 is 2.25 bits per heavy atom. The number of benzene rings is 1. The monoisotopic (exact) mass is 329 g/mol. The lowest BCUT2D eigenvalue weighted by Crippen LogP contribution is -2.54. The van der Waals surface area contributed by atoms with Gasteiger partial charge >= 0.3 is 5.97 Å². The van der Waals surface area contributed by atoms with Gasteiger partial charge in [-0.1, -0.05) is 18.2 Å². The molecule has 1 N–H and O–H groups in total. The van der Waals surface area contributed by atoms with Crippen molar-refractivity contribution in [3.05, 3.63) is 41.1 Å². The van der Waals surface area contributed by atoms with E-state index >= 15 is 0 Å². The van der Waals surface area contributed by atoms with Crippen LogP contribution in [0.5, 0.6) is 5.75 Å². The molecule has 0 amide bonds. The van der Waals surface area contributed by atoms with Gasteiger partial charge in [0.2, 0.25) is 0 Å². The summed E-state index contributed by atoms with van der Waals surface area (Å²) in [5, 5.41) is 3.35. The lowest BCUT2D eigenvalue weighted by molar-refractivity contribution is -0.143. The number of para-hydroxylation sites is 1. The number of esters is 1. The summed E-state index contributed by atoms with van der Waals surface area (Å²) in [7, 11) is 0. The van der Waals surface area contributed by atoms with E-state index < -0.39 is 5.72 Å². The zero-order chi connectivity index (χ0) is 16.7. The van der Waals surface area contributed by atoms with Gasteiger partial charge in [-0.25, -0.2) is 4.79 Å². The predicted octanol–water partition coefficient (Wildman–Crippen LogP) is 2.87. The molecule has 3 heterocycles. The van der Waals surface area contributed by atoms with E-state index in [1.807, 2.05) is 38.1 Å². The SMILES string of the molecule is CC1=C(C(=O)OC[C@H]2CCCO2)[C@H]2C[C@@](C)(N1)Oc1ccccc12. The molecule has 3 aliphatic heterocycles. The van der Waals surface area contributed by atoms with Gasteiger partial charge in [-0.2, -0.15) is 0 Å². The summed E-state index contributed by atoms with van der Waals surface area (Å²) in [6.07, 6.45) is 2.75. The Hall–Kier alpha value is -2.01. The third-order valence-corrected chi connectivity index (χ3v) is 5.07. The van der Waals surface area contributed by atoms with Crippen molar-refractivity contribution in [1.29, 1.82) is 0 Å². The highest BCUT2D eigenvalue weighted by molar-refractivity contribution is 5.91. The van der Waals surface area contributed by atoms with E-state index in [0.717, 1.165) is 36.5 Å². The first-order valence-electron chi connectivity index (χ1n) is 8.61. The van der Waals surface area contributed by atoms with E-state index in [2.05, 4.69) is 5.32 Å². The van der Waals surface area contributed by atoms with Crippen molar-refractivity contribution >= 4 is 5.97 Å². The van der Waals surface area contributed by atoms with Gasteiger partial charge in [-0.3, -0.25) is 0 Å². The summed E-state index contributed by atoms with van der Waals surface area (Å²) in [6, 6.07) is 7.93. The largest absolute Gasteiger partial charge is 0.468 e. The van der Waals surface area contributed by atoms with Crippen LogP contribution in [0.25, 0.3) is 0 Å². The highest BCUT2D eigenvalue weighted by Crippen LogP contribution is 2.47. The molecule has 1 aromatic carbocycles. The summed E-state index contributed by atoms with van der Waals surface area (Å²) >= 11 is 0. The summed E-state index contributed by atoms with van der Waals surface area (Å²) in [5.41, 5.74) is 2.11. The zero-order valence-corrected chi connectivity index (χ0v) is 14.1. The third kappa shape index (κ3) is 2.67. The van der Waals surface area contributed by atoms with Gasteiger partial charge in [0.25, 0.3) is 0 Å². The van der Waals surface area contributed by atoms with Crippen LogP contribution in [0.1, 0.15) is 44.6 Å². The smallest absolute Gasteiger partial charge is 0.336 e. The number of nitrogens with one attached hydrogen (secondary N) is 1. The van der Waals surface area contributed by atoms with Crippen LogP contribution in [0.15, 0.2) is 35.5 Å². The van der Waals surface area contributed by atoms with Crippen molar-refractivity contribution in [1.82, 2.24) is 5.32 Å². The molecule has 0 unspecified atom stereocenters. The van der Waals surface area contributed by atoms with Gasteiger partial charge in [0.05, 0.1) is 11.7 Å².